The van der Waals surface area contributed by atoms with Crippen molar-refractivity contribution in [1.29, 1.82) is 0 Å². The molecule has 0 unspecified atom stereocenters. The molecule has 0 bridgehead atoms. The van der Waals surface area contributed by atoms with Crippen LogP contribution < -0.4 is 10.9 Å². The highest BCUT2D eigenvalue weighted by atomic mass is 79.9. The number of carbonyl (C=O) groups excluding carboxylic acids is 1. The van der Waals surface area contributed by atoms with Gasteiger partial charge >= 0.3 is 0 Å². The van der Waals surface area contributed by atoms with Gasteiger partial charge in [0.05, 0.1) is 5.69 Å². The van der Waals surface area contributed by atoms with Crippen molar-refractivity contribution in [3.05, 3.63) is 74.7 Å². The van der Waals surface area contributed by atoms with E-state index in [1.807, 2.05) is 0 Å². The molecule has 2 N–H and O–H groups in total. The van der Waals surface area contributed by atoms with Crippen molar-refractivity contribution in [3.63, 3.8) is 0 Å². The van der Waals surface area contributed by atoms with Crippen LogP contribution >= 0.6 is 15.9 Å². The molecule has 0 aliphatic carbocycles. The van der Waals surface area contributed by atoms with Crippen molar-refractivity contribution in [2.75, 3.05) is 5.32 Å². The molecule has 0 saturated heterocycles. The number of nitrogens with one attached hydrogen (secondary N) is 2. The van der Waals surface area contributed by atoms with Gasteiger partial charge in [0.1, 0.15) is 11.4 Å². The van der Waals surface area contributed by atoms with Crippen LogP contribution in [0.2, 0.25) is 0 Å². The molecule has 1 heterocycles. The molecule has 110 valence electrons. The van der Waals surface area contributed by atoms with Crippen molar-refractivity contribution in [3.8, 4) is 0 Å². The average molecular weight is 361 g/mol. The van der Waals surface area contributed by atoms with E-state index < -0.39 is 17.3 Å². The van der Waals surface area contributed by atoms with Gasteiger partial charge in [-0.3, -0.25) is 9.59 Å². The Balaban J connectivity index is 2.02. The number of pyridine rings is 1. The summed E-state index contributed by atoms with van der Waals surface area (Å²) in [6.45, 7) is 0. The number of rotatable bonds is 2. The zero-order chi connectivity index (χ0) is 15.7. The Labute approximate surface area is 133 Å². The fourth-order valence-corrected chi connectivity index (χ4v) is 2.48. The molecule has 3 aromatic rings. The van der Waals surface area contributed by atoms with Gasteiger partial charge in [0.2, 0.25) is 0 Å². The number of amides is 1. The van der Waals surface area contributed by atoms with Gasteiger partial charge < -0.3 is 10.3 Å². The highest BCUT2D eigenvalue weighted by molar-refractivity contribution is 9.10. The lowest BCUT2D eigenvalue weighted by Gasteiger charge is -2.07. The summed E-state index contributed by atoms with van der Waals surface area (Å²) in [6.07, 6.45) is 0. The van der Waals surface area contributed by atoms with Gasteiger partial charge in [-0.05, 0) is 36.4 Å². The highest BCUT2D eigenvalue weighted by Crippen LogP contribution is 2.18. The van der Waals surface area contributed by atoms with Gasteiger partial charge in [-0.2, -0.15) is 0 Å². The van der Waals surface area contributed by atoms with E-state index >= 15 is 0 Å². The first kappa shape index (κ1) is 14.5. The van der Waals surface area contributed by atoms with Crippen molar-refractivity contribution >= 4 is 38.4 Å². The van der Waals surface area contributed by atoms with Crippen LogP contribution in [0.25, 0.3) is 10.9 Å². The van der Waals surface area contributed by atoms with Crippen LogP contribution in [0.5, 0.6) is 0 Å². The molecule has 0 fully saturated rings. The van der Waals surface area contributed by atoms with Crippen molar-refractivity contribution in [2.24, 2.45) is 0 Å². The molecule has 0 aliphatic heterocycles. The smallest absolute Gasteiger partial charge is 0.261 e. The second-order valence-electron chi connectivity index (χ2n) is 4.68. The molecule has 0 atom stereocenters. The van der Waals surface area contributed by atoms with E-state index in [1.165, 1.54) is 24.3 Å². The number of benzene rings is 2. The molecule has 0 saturated carbocycles. The Bertz CT molecular complexity index is 937. The predicted molar refractivity (Wildman–Crippen MR) is 86.6 cm³/mol. The van der Waals surface area contributed by atoms with Gasteiger partial charge in [-0.25, -0.2) is 4.39 Å². The lowest BCUT2D eigenvalue weighted by atomic mass is 10.1. The quantitative estimate of drug-likeness (QED) is 0.732. The number of hydrogen-bond acceptors (Lipinski definition) is 2. The normalized spacial score (nSPS) is 10.6. The molecule has 22 heavy (non-hydrogen) atoms. The third-order valence-corrected chi connectivity index (χ3v) is 3.67. The molecule has 2 aromatic carbocycles. The summed E-state index contributed by atoms with van der Waals surface area (Å²) in [5.74, 6) is -1.22. The van der Waals surface area contributed by atoms with Crippen molar-refractivity contribution in [1.82, 2.24) is 4.98 Å². The number of para-hydroxylation sites is 1. The lowest BCUT2D eigenvalue weighted by molar-refractivity contribution is 0.102. The number of hydrogen-bond donors (Lipinski definition) is 2. The summed E-state index contributed by atoms with van der Waals surface area (Å²) in [7, 11) is 0. The monoisotopic (exact) mass is 360 g/mol. The Morgan fingerprint density at radius 1 is 1.14 bits per heavy atom. The van der Waals surface area contributed by atoms with E-state index in [1.54, 1.807) is 24.3 Å². The van der Waals surface area contributed by atoms with E-state index in [0.29, 0.717) is 10.9 Å². The Kier molecular flexibility index (Phi) is 3.77. The van der Waals surface area contributed by atoms with Gasteiger partial charge in [-0.15, -0.1) is 0 Å². The fourth-order valence-electron chi connectivity index (χ4n) is 2.10. The molecule has 4 nitrogen and oxygen atoms in total. The largest absolute Gasteiger partial charge is 0.321 e. The van der Waals surface area contributed by atoms with E-state index in [9.17, 15) is 14.0 Å². The average Bonchev–Trinajstić information content (AvgIpc) is 2.49. The van der Waals surface area contributed by atoms with Crippen LogP contribution in [0.4, 0.5) is 10.1 Å². The summed E-state index contributed by atoms with van der Waals surface area (Å²) >= 11 is 3.33. The van der Waals surface area contributed by atoms with Crippen molar-refractivity contribution < 1.29 is 9.18 Å². The predicted octanol–water partition coefficient (Wildman–Crippen LogP) is 3.68. The number of carbonyl (C=O) groups is 1. The van der Waals surface area contributed by atoms with Gasteiger partial charge in [-0.1, -0.05) is 28.1 Å². The van der Waals surface area contributed by atoms with Crippen LogP contribution in [0, 0.1) is 5.82 Å². The molecule has 6 heteroatoms. The second-order valence-corrected chi connectivity index (χ2v) is 5.59. The van der Waals surface area contributed by atoms with Crippen LogP contribution in [0.1, 0.15) is 10.4 Å². The third kappa shape index (κ3) is 2.78. The van der Waals surface area contributed by atoms with E-state index in [4.69, 9.17) is 0 Å². The van der Waals surface area contributed by atoms with E-state index in [0.717, 1.165) is 4.47 Å². The summed E-state index contributed by atoms with van der Waals surface area (Å²) in [4.78, 5) is 26.9. The molecule has 0 radical (unpaired) electrons. The van der Waals surface area contributed by atoms with Crippen molar-refractivity contribution in [2.45, 2.75) is 0 Å². The maximum Gasteiger partial charge on any atom is 0.261 e. The minimum absolute atomic E-state index is 0.0289. The van der Waals surface area contributed by atoms with Crippen LogP contribution in [0.15, 0.2) is 57.8 Å². The van der Waals surface area contributed by atoms with Gasteiger partial charge in [0.25, 0.3) is 11.5 Å². The zero-order valence-corrected chi connectivity index (χ0v) is 12.8. The minimum Gasteiger partial charge on any atom is -0.321 e. The summed E-state index contributed by atoms with van der Waals surface area (Å²) in [5, 5.41) is 3.10. The summed E-state index contributed by atoms with van der Waals surface area (Å²) in [5.41, 5.74) is 0.0504. The number of anilines is 1. The first-order valence-electron chi connectivity index (χ1n) is 6.43. The van der Waals surface area contributed by atoms with Crippen LogP contribution in [0.3, 0.4) is 0 Å². The standard InChI is InChI=1S/C16H10BrFN2O2/c17-10-5-6-13-9(7-10)8-11(15(21)19-13)16(22)20-14-4-2-1-3-12(14)18/h1-8H,(H,19,21)(H,20,22). The number of H-pyrrole nitrogens is 1. The Morgan fingerprint density at radius 3 is 2.68 bits per heavy atom. The zero-order valence-electron chi connectivity index (χ0n) is 11.2. The van der Waals surface area contributed by atoms with Crippen LogP contribution in [-0.4, -0.2) is 10.9 Å². The Hall–Kier alpha value is -2.47. The lowest BCUT2D eigenvalue weighted by Crippen LogP contribution is -2.23. The maximum absolute atomic E-state index is 13.6. The SMILES string of the molecule is O=C(Nc1ccccc1F)c1cc2cc(Br)ccc2[nH]c1=O. The van der Waals surface area contributed by atoms with Crippen LogP contribution in [-0.2, 0) is 0 Å². The summed E-state index contributed by atoms with van der Waals surface area (Å²) in [6, 6.07) is 12.6. The highest BCUT2D eigenvalue weighted by Gasteiger charge is 2.14. The number of halogens is 2. The van der Waals surface area contributed by atoms with Gasteiger partial charge in [0, 0.05) is 15.4 Å². The molecular weight excluding hydrogens is 351 g/mol. The first-order chi connectivity index (χ1) is 10.5. The maximum atomic E-state index is 13.6. The Morgan fingerprint density at radius 2 is 1.91 bits per heavy atom. The number of fused-ring (bicyclic) bond motifs is 1. The molecule has 0 aliphatic rings. The fraction of sp³-hybridized carbons (Fsp3) is 0. The topological polar surface area (TPSA) is 62.0 Å². The van der Waals surface area contributed by atoms with E-state index in [-0.39, 0.29) is 11.3 Å². The molecule has 0 spiro atoms. The number of aromatic amines is 1. The molecule has 3 rings (SSSR count). The summed E-state index contributed by atoms with van der Waals surface area (Å²) < 4.78 is 14.4. The molecule has 1 aromatic heterocycles. The molecule has 1 amide bonds. The second kappa shape index (κ2) is 5.73. The number of aromatic nitrogens is 1. The van der Waals surface area contributed by atoms with Gasteiger partial charge in [0.15, 0.2) is 0 Å². The third-order valence-electron chi connectivity index (χ3n) is 3.17. The first-order valence-corrected chi connectivity index (χ1v) is 7.22. The molecular formula is C16H10BrFN2O2. The minimum atomic E-state index is -0.659. The van der Waals surface area contributed by atoms with E-state index in [2.05, 4.69) is 26.2 Å².